The first kappa shape index (κ1) is 16.5. The van der Waals surface area contributed by atoms with E-state index < -0.39 is 0 Å². The molecule has 2 aromatic rings. The summed E-state index contributed by atoms with van der Waals surface area (Å²) in [5.41, 5.74) is 1.28. The van der Waals surface area contributed by atoms with Gasteiger partial charge < -0.3 is 9.64 Å². The predicted octanol–water partition coefficient (Wildman–Crippen LogP) is 2.74. The Bertz CT molecular complexity index is 706. The average molecular weight is 357 g/mol. The third kappa shape index (κ3) is 4.38. The van der Waals surface area contributed by atoms with Crippen LogP contribution in [0.2, 0.25) is 0 Å². The molecule has 0 bridgehead atoms. The summed E-state index contributed by atoms with van der Waals surface area (Å²) in [4.78, 5) is 21.3. The van der Waals surface area contributed by atoms with Crippen LogP contribution in [0.3, 0.4) is 0 Å². The molecule has 0 unspecified atom stereocenters. The van der Waals surface area contributed by atoms with Crippen LogP contribution < -0.4 is 4.74 Å². The molecule has 0 spiro atoms. The van der Waals surface area contributed by atoms with Gasteiger partial charge in [0.15, 0.2) is 6.61 Å². The van der Waals surface area contributed by atoms with Crippen molar-refractivity contribution in [2.45, 2.75) is 25.3 Å². The van der Waals surface area contributed by atoms with Gasteiger partial charge in [-0.2, -0.15) is 0 Å². The Labute approximate surface area is 152 Å². The highest BCUT2D eigenvalue weighted by atomic mass is 32.1. The van der Waals surface area contributed by atoms with Gasteiger partial charge in [-0.15, -0.1) is 11.3 Å². The molecular weight excluding hydrogens is 334 g/mol. The Morgan fingerprint density at radius 3 is 2.64 bits per heavy atom. The zero-order valence-corrected chi connectivity index (χ0v) is 15.1. The second kappa shape index (κ2) is 7.54. The van der Waals surface area contributed by atoms with E-state index in [9.17, 15) is 4.79 Å². The van der Waals surface area contributed by atoms with Crippen LogP contribution in [-0.2, 0) is 11.3 Å². The highest BCUT2D eigenvalue weighted by molar-refractivity contribution is 7.09. The van der Waals surface area contributed by atoms with E-state index in [1.165, 1.54) is 23.5 Å². The molecular formula is C19H23N3O2S. The van der Waals surface area contributed by atoms with Gasteiger partial charge in [-0.1, -0.05) is 18.2 Å². The third-order valence-electron chi connectivity index (χ3n) is 4.75. The van der Waals surface area contributed by atoms with Gasteiger partial charge in [-0.25, -0.2) is 4.98 Å². The number of hydrogen-bond donors (Lipinski definition) is 0. The lowest BCUT2D eigenvalue weighted by atomic mass is 10.3. The minimum atomic E-state index is 0.0637. The molecule has 2 aliphatic rings. The second-order valence-corrected chi connectivity index (χ2v) is 7.64. The Balaban J connectivity index is 1.21. The second-order valence-electron chi connectivity index (χ2n) is 6.70. The minimum absolute atomic E-state index is 0.0637. The number of aromatic nitrogens is 1. The van der Waals surface area contributed by atoms with E-state index in [-0.39, 0.29) is 12.5 Å². The maximum atomic E-state index is 12.3. The number of hydrogen-bond acceptors (Lipinski definition) is 5. The standard InChI is InChI=1S/C19H23N3O2S/c23-19(13-24-16-4-2-1-3-5-16)22-10-8-21(9-11-22)12-18-20-17(14-25-18)15-6-7-15/h1-5,14-15H,6-13H2. The molecule has 2 fully saturated rings. The molecule has 4 rings (SSSR count). The summed E-state index contributed by atoms with van der Waals surface area (Å²) in [6, 6.07) is 9.49. The van der Waals surface area contributed by atoms with Crippen LogP contribution in [0.25, 0.3) is 0 Å². The van der Waals surface area contributed by atoms with Crippen molar-refractivity contribution in [3.8, 4) is 5.75 Å². The molecule has 1 aliphatic carbocycles. The zero-order valence-electron chi connectivity index (χ0n) is 14.3. The molecule has 25 heavy (non-hydrogen) atoms. The van der Waals surface area contributed by atoms with Crippen LogP contribution in [0.5, 0.6) is 5.75 Å². The Morgan fingerprint density at radius 2 is 1.92 bits per heavy atom. The quantitative estimate of drug-likeness (QED) is 0.797. The van der Waals surface area contributed by atoms with E-state index in [0.717, 1.165) is 44.4 Å². The molecule has 6 heteroatoms. The van der Waals surface area contributed by atoms with E-state index in [0.29, 0.717) is 0 Å². The Morgan fingerprint density at radius 1 is 1.16 bits per heavy atom. The summed E-state index contributed by atoms with van der Waals surface area (Å²) in [7, 11) is 0. The van der Waals surface area contributed by atoms with Crippen LogP contribution in [0, 0.1) is 0 Å². The van der Waals surface area contributed by atoms with Crippen molar-refractivity contribution in [3.05, 3.63) is 46.4 Å². The van der Waals surface area contributed by atoms with E-state index in [1.54, 1.807) is 11.3 Å². The van der Waals surface area contributed by atoms with Crippen LogP contribution in [-0.4, -0.2) is 53.5 Å². The molecule has 1 saturated carbocycles. The van der Waals surface area contributed by atoms with Gasteiger partial charge >= 0.3 is 0 Å². The molecule has 1 aromatic carbocycles. The van der Waals surface area contributed by atoms with Gasteiger partial charge in [-0.3, -0.25) is 9.69 Å². The molecule has 1 amide bonds. The summed E-state index contributed by atoms with van der Waals surface area (Å²) < 4.78 is 5.56. The number of rotatable bonds is 6. The molecule has 132 valence electrons. The van der Waals surface area contributed by atoms with Gasteiger partial charge in [0, 0.05) is 37.5 Å². The number of piperazine rings is 1. The van der Waals surface area contributed by atoms with Crippen molar-refractivity contribution in [3.63, 3.8) is 0 Å². The van der Waals surface area contributed by atoms with Crippen molar-refractivity contribution in [2.24, 2.45) is 0 Å². The molecule has 1 aromatic heterocycles. The molecule has 0 atom stereocenters. The topological polar surface area (TPSA) is 45.7 Å². The summed E-state index contributed by atoms with van der Waals surface area (Å²) >= 11 is 1.77. The molecule has 0 radical (unpaired) electrons. The highest BCUT2D eigenvalue weighted by Gasteiger charge is 2.27. The van der Waals surface area contributed by atoms with Crippen molar-refractivity contribution in [1.82, 2.24) is 14.8 Å². The SMILES string of the molecule is O=C(COc1ccccc1)N1CCN(Cc2nc(C3CC3)cs2)CC1. The lowest BCUT2D eigenvalue weighted by molar-refractivity contribution is -0.135. The monoisotopic (exact) mass is 357 g/mol. The maximum absolute atomic E-state index is 12.3. The number of benzene rings is 1. The van der Waals surface area contributed by atoms with E-state index in [4.69, 9.17) is 9.72 Å². The van der Waals surface area contributed by atoms with Crippen molar-refractivity contribution < 1.29 is 9.53 Å². The Hall–Kier alpha value is -1.92. The molecule has 2 heterocycles. The number of nitrogens with zero attached hydrogens (tertiary/aromatic N) is 3. The number of carbonyl (C=O) groups is 1. The van der Waals surface area contributed by atoms with Crippen LogP contribution >= 0.6 is 11.3 Å². The summed E-state index contributed by atoms with van der Waals surface area (Å²) in [5.74, 6) is 1.53. The fourth-order valence-electron chi connectivity index (χ4n) is 3.06. The smallest absolute Gasteiger partial charge is 0.260 e. The van der Waals surface area contributed by atoms with Crippen LogP contribution in [0.4, 0.5) is 0 Å². The largest absolute Gasteiger partial charge is 0.484 e. The summed E-state index contributed by atoms with van der Waals surface area (Å²) in [5, 5.41) is 3.42. The first-order valence-electron chi connectivity index (χ1n) is 8.90. The first-order chi connectivity index (χ1) is 12.3. The Kier molecular flexibility index (Phi) is 4.99. The fraction of sp³-hybridized carbons (Fsp3) is 0.474. The summed E-state index contributed by atoms with van der Waals surface area (Å²) in [6.45, 7) is 4.34. The first-order valence-corrected chi connectivity index (χ1v) is 9.78. The minimum Gasteiger partial charge on any atom is -0.484 e. The molecule has 5 nitrogen and oxygen atoms in total. The highest BCUT2D eigenvalue weighted by Crippen LogP contribution is 2.40. The van der Waals surface area contributed by atoms with E-state index in [1.807, 2.05) is 35.2 Å². The lowest BCUT2D eigenvalue weighted by Crippen LogP contribution is -2.49. The number of ether oxygens (including phenoxy) is 1. The zero-order chi connectivity index (χ0) is 17.1. The van der Waals surface area contributed by atoms with E-state index in [2.05, 4.69) is 10.3 Å². The van der Waals surface area contributed by atoms with Crippen LogP contribution in [0.15, 0.2) is 35.7 Å². The number of carbonyl (C=O) groups excluding carboxylic acids is 1. The predicted molar refractivity (Wildman–Crippen MR) is 97.9 cm³/mol. The van der Waals surface area contributed by atoms with Gasteiger partial charge in [0.05, 0.1) is 12.2 Å². The normalized spacial score (nSPS) is 18.3. The van der Waals surface area contributed by atoms with Gasteiger partial charge in [0.2, 0.25) is 0 Å². The number of thiazole rings is 1. The average Bonchev–Trinajstić information content (AvgIpc) is 3.41. The number of para-hydroxylation sites is 1. The third-order valence-corrected chi connectivity index (χ3v) is 5.61. The summed E-state index contributed by atoms with van der Waals surface area (Å²) in [6.07, 6.45) is 2.60. The van der Waals surface area contributed by atoms with Crippen molar-refractivity contribution in [2.75, 3.05) is 32.8 Å². The van der Waals surface area contributed by atoms with Gasteiger partial charge in [0.1, 0.15) is 10.8 Å². The van der Waals surface area contributed by atoms with Crippen molar-refractivity contribution >= 4 is 17.2 Å². The van der Waals surface area contributed by atoms with Crippen LogP contribution in [0.1, 0.15) is 29.5 Å². The van der Waals surface area contributed by atoms with Crippen molar-refractivity contribution in [1.29, 1.82) is 0 Å². The maximum Gasteiger partial charge on any atom is 0.260 e. The lowest BCUT2D eigenvalue weighted by Gasteiger charge is -2.34. The molecule has 1 saturated heterocycles. The number of amides is 1. The molecule has 0 N–H and O–H groups in total. The van der Waals surface area contributed by atoms with Gasteiger partial charge in [-0.05, 0) is 25.0 Å². The van der Waals surface area contributed by atoms with Gasteiger partial charge in [0.25, 0.3) is 5.91 Å². The fourth-order valence-corrected chi connectivity index (χ4v) is 3.98. The molecule has 1 aliphatic heterocycles. The van der Waals surface area contributed by atoms with E-state index >= 15 is 0 Å².